The Morgan fingerprint density at radius 3 is 2.77 bits per heavy atom. The van der Waals surface area contributed by atoms with Crippen LogP contribution in [0.15, 0.2) is 18.2 Å². The van der Waals surface area contributed by atoms with Crippen LogP contribution < -0.4 is 15.4 Å². The molecule has 3 N–H and O–H groups in total. The number of H-pyrrole nitrogens is 1. The molecule has 0 bridgehead atoms. The average Bonchev–Trinajstić information content (AvgIpc) is 3.38. The summed E-state index contributed by atoms with van der Waals surface area (Å²) in [5, 5.41) is 12.6. The molecular formula is C21H23N7O2. The van der Waals surface area contributed by atoms with Gasteiger partial charge in [-0.15, -0.1) is 0 Å². The third-order valence-corrected chi connectivity index (χ3v) is 5.33. The number of ether oxygens (including phenoxy) is 1. The van der Waals surface area contributed by atoms with Crippen molar-refractivity contribution in [3.63, 3.8) is 0 Å². The Balaban J connectivity index is 1.66. The van der Waals surface area contributed by atoms with Crippen LogP contribution in [0.3, 0.4) is 0 Å². The zero-order chi connectivity index (χ0) is 21.0. The molecule has 0 atom stereocenters. The number of aromatic amines is 1. The van der Waals surface area contributed by atoms with Gasteiger partial charge in [0.05, 0.1) is 29.4 Å². The van der Waals surface area contributed by atoms with E-state index in [2.05, 4.69) is 36.8 Å². The molecule has 1 amide bonds. The molecule has 3 aromatic heterocycles. The molecule has 3 heterocycles. The first-order valence-electron chi connectivity index (χ1n) is 9.89. The molecule has 0 unspecified atom stereocenters. The van der Waals surface area contributed by atoms with Gasteiger partial charge in [-0.05, 0) is 31.9 Å². The van der Waals surface area contributed by atoms with Crippen LogP contribution in [0.2, 0.25) is 0 Å². The average molecular weight is 405 g/mol. The molecule has 154 valence electrons. The number of methoxy groups -OCH3 is 1. The van der Waals surface area contributed by atoms with E-state index < -0.39 is 0 Å². The summed E-state index contributed by atoms with van der Waals surface area (Å²) in [5.74, 6) is 3.21. The van der Waals surface area contributed by atoms with Gasteiger partial charge in [0.1, 0.15) is 28.9 Å². The SMILES string of the molecule is COc1cc2c(cc1NC(C)=O)[nH]c1nc(C)nc(Nc3cc(C4CC4)nn3C)c12. The monoisotopic (exact) mass is 405 g/mol. The first-order valence-corrected chi connectivity index (χ1v) is 9.89. The molecule has 1 aliphatic carbocycles. The topological polar surface area (TPSA) is 110 Å². The number of fused-ring (bicyclic) bond motifs is 3. The zero-order valence-electron chi connectivity index (χ0n) is 17.3. The fraction of sp³-hybridized carbons (Fsp3) is 0.333. The van der Waals surface area contributed by atoms with E-state index >= 15 is 0 Å². The predicted molar refractivity (Wildman–Crippen MR) is 115 cm³/mol. The van der Waals surface area contributed by atoms with Crippen molar-refractivity contribution in [3.8, 4) is 5.75 Å². The van der Waals surface area contributed by atoms with Crippen LogP contribution in [0.25, 0.3) is 21.9 Å². The van der Waals surface area contributed by atoms with Crippen molar-refractivity contribution >= 4 is 45.2 Å². The maximum atomic E-state index is 11.6. The minimum Gasteiger partial charge on any atom is -0.495 e. The van der Waals surface area contributed by atoms with Crippen LogP contribution in [0, 0.1) is 6.92 Å². The summed E-state index contributed by atoms with van der Waals surface area (Å²) in [6.07, 6.45) is 2.40. The van der Waals surface area contributed by atoms with Crippen LogP contribution in [0.5, 0.6) is 5.75 Å². The van der Waals surface area contributed by atoms with E-state index in [0.29, 0.717) is 34.6 Å². The highest BCUT2D eigenvalue weighted by Gasteiger charge is 2.27. The largest absolute Gasteiger partial charge is 0.495 e. The molecule has 1 aromatic carbocycles. The second-order valence-corrected chi connectivity index (χ2v) is 7.72. The van der Waals surface area contributed by atoms with Crippen molar-refractivity contribution in [2.45, 2.75) is 32.6 Å². The van der Waals surface area contributed by atoms with Gasteiger partial charge < -0.3 is 20.4 Å². The van der Waals surface area contributed by atoms with Crippen molar-refractivity contribution in [2.75, 3.05) is 17.7 Å². The maximum absolute atomic E-state index is 11.6. The molecule has 30 heavy (non-hydrogen) atoms. The van der Waals surface area contributed by atoms with E-state index in [1.807, 2.05) is 30.8 Å². The first-order chi connectivity index (χ1) is 14.4. The van der Waals surface area contributed by atoms with Crippen LogP contribution in [0.4, 0.5) is 17.3 Å². The van der Waals surface area contributed by atoms with Gasteiger partial charge >= 0.3 is 0 Å². The summed E-state index contributed by atoms with van der Waals surface area (Å²) < 4.78 is 7.35. The Hall–Kier alpha value is -3.62. The lowest BCUT2D eigenvalue weighted by atomic mass is 10.1. The third kappa shape index (κ3) is 3.12. The van der Waals surface area contributed by atoms with Crippen LogP contribution >= 0.6 is 0 Å². The third-order valence-electron chi connectivity index (χ3n) is 5.33. The number of carbonyl (C=O) groups excluding carboxylic acids is 1. The number of amides is 1. The maximum Gasteiger partial charge on any atom is 0.221 e. The lowest BCUT2D eigenvalue weighted by Crippen LogP contribution is -2.07. The molecule has 5 rings (SSSR count). The highest BCUT2D eigenvalue weighted by Crippen LogP contribution is 2.41. The Kier molecular flexibility index (Phi) is 4.12. The molecule has 0 spiro atoms. The number of nitrogens with zero attached hydrogens (tertiary/aromatic N) is 4. The van der Waals surface area contributed by atoms with Crippen molar-refractivity contribution in [1.82, 2.24) is 24.7 Å². The van der Waals surface area contributed by atoms with Gasteiger partial charge in [0.15, 0.2) is 0 Å². The minimum absolute atomic E-state index is 0.163. The number of aryl methyl sites for hydroxylation is 2. The highest BCUT2D eigenvalue weighted by molar-refractivity contribution is 6.13. The molecule has 1 fully saturated rings. The summed E-state index contributed by atoms with van der Waals surface area (Å²) in [4.78, 5) is 24.1. The van der Waals surface area contributed by atoms with Crippen molar-refractivity contribution in [3.05, 3.63) is 29.7 Å². The van der Waals surface area contributed by atoms with Gasteiger partial charge in [-0.2, -0.15) is 5.10 Å². The van der Waals surface area contributed by atoms with Gasteiger partial charge in [-0.1, -0.05) is 0 Å². The molecule has 0 aliphatic heterocycles. The van der Waals surface area contributed by atoms with Crippen molar-refractivity contribution in [2.24, 2.45) is 7.05 Å². The van der Waals surface area contributed by atoms with Crippen LogP contribution in [-0.4, -0.2) is 37.7 Å². The summed E-state index contributed by atoms with van der Waals surface area (Å²) in [5.41, 5.74) is 3.26. The molecule has 0 radical (unpaired) electrons. The van der Waals surface area contributed by atoms with Crippen molar-refractivity contribution in [1.29, 1.82) is 0 Å². The van der Waals surface area contributed by atoms with E-state index in [1.165, 1.54) is 19.8 Å². The lowest BCUT2D eigenvalue weighted by Gasteiger charge is -2.10. The first kappa shape index (κ1) is 18.4. The Morgan fingerprint density at radius 2 is 2.07 bits per heavy atom. The summed E-state index contributed by atoms with van der Waals surface area (Å²) in [6.45, 7) is 3.33. The summed E-state index contributed by atoms with van der Waals surface area (Å²) in [7, 11) is 3.51. The number of anilines is 3. The van der Waals surface area contributed by atoms with E-state index in [-0.39, 0.29) is 5.91 Å². The normalized spacial score (nSPS) is 13.7. The number of carbonyl (C=O) groups is 1. The van der Waals surface area contributed by atoms with Crippen molar-refractivity contribution < 1.29 is 9.53 Å². The summed E-state index contributed by atoms with van der Waals surface area (Å²) >= 11 is 0. The molecule has 1 aliphatic rings. The molecule has 9 nitrogen and oxygen atoms in total. The van der Waals surface area contributed by atoms with Gasteiger partial charge in [0.25, 0.3) is 0 Å². The molecule has 9 heteroatoms. The number of benzene rings is 1. The van der Waals surface area contributed by atoms with Crippen LogP contribution in [-0.2, 0) is 11.8 Å². The molecule has 4 aromatic rings. The Labute approximate surface area is 172 Å². The fourth-order valence-corrected chi connectivity index (χ4v) is 3.79. The van der Waals surface area contributed by atoms with E-state index in [9.17, 15) is 4.79 Å². The van der Waals surface area contributed by atoms with E-state index in [0.717, 1.165) is 27.8 Å². The van der Waals surface area contributed by atoms with Gasteiger partial charge in [-0.3, -0.25) is 9.48 Å². The predicted octanol–water partition coefficient (Wildman–Crippen LogP) is 3.74. The highest BCUT2D eigenvalue weighted by atomic mass is 16.5. The van der Waals surface area contributed by atoms with E-state index in [1.54, 1.807) is 7.11 Å². The number of hydrogen-bond donors (Lipinski definition) is 3. The number of nitrogens with one attached hydrogen (secondary N) is 3. The number of aromatic nitrogens is 5. The fourth-order valence-electron chi connectivity index (χ4n) is 3.79. The standard InChI is InChI=1S/C21H23N7O2/c1-10-22-20-19(13-7-17(30-4)16(24-11(2)29)8-15(13)25-20)21(23-10)26-18-9-14(12-5-6-12)27-28(18)3/h7-9,12H,5-6H2,1-4H3,(H,24,29)(H2,22,23,25,26). The lowest BCUT2D eigenvalue weighted by molar-refractivity contribution is -0.114. The quantitative estimate of drug-likeness (QED) is 0.467. The molecule has 0 saturated heterocycles. The smallest absolute Gasteiger partial charge is 0.221 e. The Morgan fingerprint density at radius 1 is 1.27 bits per heavy atom. The number of rotatable bonds is 5. The Bertz CT molecular complexity index is 1300. The molecular weight excluding hydrogens is 382 g/mol. The number of hydrogen-bond acceptors (Lipinski definition) is 6. The van der Waals surface area contributed by atoms with Gasteiger partial charge in [-0.25, -0.2) is 9.97 Å². The van der Waals surface area contributed by atoms with Gasteiger partial charge in [0.2, 0.25) is 5.91 Å². The van der Waals surface area contributed by atoms with E-state index in [4.69, 9.17) is 4.74 Å². The van der Waals surface area contributed by atoms with Crippen LogP contribution in [0.1, 0.15) is 37.2 Å². The minimum atomic E-state index is -0.163. The molecule has 1 saturated carbocycles. The second-order valence-electron chi connectivity index (χ2n) is 7.72. The zero-order valence-corrected chi connectivity index (χ0v) is 17.3. The summed E-state index contributed by atoms with van der Waals surface area (Å²) in [6, 6.07) is 5.83. The van der Waals surface area contributed by atoms with Gasteiger partial charge in [0, 0.05) is 31.3 Å². The second kappa shape index (κ2) is 6.72.